The van der Waals surface area contributed by atoms with Crippen molar-refractivity contribution >= 4 is 11.7 Å². The van der Waals surface area contributed by atoms with E-state index in [4.69, 9.17) is 5.84 Å². The van der Waals surface area contributed by atoms with Gasteiger partial charge in [0.2, 0.25) is 0 Å². The van der Waals surface area contributed by atoms with E-state index in [1.165, 1.54) is 6.20 Å². The molecule has 4 N–H and O–H groups in total. The van der Waals surface area contributed by atoms with Crippen LogP contribution in [-0.4, -0.2) is 42.0 Å². The van der Waals surface area contributed by atoms with Gasteiger partial charge in [-0.2, -0.15) is 0 Å². The molecule has 1 aliphatic rings. The molecule has 1 atom stereocenters. The maximum atomic E-state index is 11.9. The molecule has 104 valence electrons. The van der Waals surface area contributed by atoms with Gasteiger partial charge in [-0.3, -0.25) is 4.79 Å². The van der Waals surface area contributed by atoms with Crippen LogP contribution in [0.2, 0.25) is 0 Å². The summed E-state index contributed by atoms with van der Waals surface area (Å²) in [5.41, 5.74) is 2.99. The third kappa shape index (κ3) is 3.65. The van der Waals surface area contributed by atoms with Crippen LogP contribution in [0.5, 0.6) is 0 Å². The van der Waals surface area contributed by atoms with Gasteiger partial charge in [0.25, 0.3) is 5.91 Å². The van der Waals surface area contributed by atoms with E-state index >= 15 is 0 Å². The lowest BCUT2D eigenvalue weighted by Crippen LogP contribution is -2.31. The summed E-state index contributed by atoms with van der Waals surface area (Å²) in [6, 6.07) is 3.40. The number of hydrogen-bond donors (Lipinski definition) is 3. The van der Waals surface area contributed by atoms with Crippen molar-refractivity contribution in [1.82, 2.24) is 15.2 Å². The lowest BCUT2D eigenvalue weighted by Gasteiger charge is -2.13. The number of aromatic nitrogens is 1. The second kappa shape index (κ2) is 6.49. The zero-order valence-electron chi connectivity index (χ0n) is 11.2. The maximum absolute atomic E-state index is 11.9. The summed E-state index contributed by atoms with van der Waals surface area (Å²) >= 11 is 0. The molecule has 2 heterocycles. The molecule has 0 saturated carbocycles. The van der Waals surface area contributed by atoms with Crippen molar-refractivity contribution in [2.75, 3.05) is 31.6 Å². The van der Waals surface area contributed by atoms with Crippen LogP contribution in [0.15, 0.2) is 18.3 Å². The van der Waals surface area contributed by atoms with Crippen LogP contribution in [0.4, 0.5) is 5.82 Å². The molecule has 1 unspecified atom stereocenters. The number of carbonyl (C=O) groups is 1. The smallest absolute Gasteiger partial charge is 0.252 e. The number of nitrogens with one attached hydrogen (secondary N) is 2. The molecule has 2 rings (SSSR count). The molecule has 1 aromatic heterocycles. The van der Waals surface area contributed by atoms with Crippen LogP contribution in [0.25, 0.3) is 0 Å². The molecule has 1 saturated heterocycles. The predicted molar refractivity (Wildman–Crippen MR) is 74.6 cm³/mol. The minimum Gasteiger partial charge on any atom is -0.352 e. The van der Waals surface area contributed by atoms with Crippen molar-refractivity contribution in [3.63, 3.8) is 0 Å². The van der Waals surface area contributed by atoms with E-state index in [9.17, 15) is 4.79 Å². The summed E-state index contributed by atoms with van der Waals surface area (Å²) in [7, 11) is 0. The third-order valence-corrected chi connectivity index (χ3v) is 3.54. The van der Waals surface area contributed by atoms with Gasteiger partial charge in [-0.05, 0) is 37.6 Å². The first kappa shape index (κ1) is 13.8. The fourth-order valence-electron chi connectivity index (χ4n) is 2.32. The van der Waals surface area contributed by atoms with Crippen molar-refractivity contribution in [2.24, 2.45) is 11.8 Å². The number of likely N-dealkylation sites (tertiary alicyclic amines) is 1. The molecule has 0 radical (unpaired) electrons. The van der Waals surface area contributed by atoms with Crippen molar-refractivity contribution in [1.29, 1.82) is 0 Å². The Morgan fingerprint density at radius 2 is 2.42 bits per heavy atom. The fourth-order valence-corrected chi connectivity index (χ4v) is 2.32. The number of amides is 1. The zero-order chi connectivity index (χ0) is 13.7. The molecule has 6 nitrogen and oxygen atoms in total. The third-order valence-electron chi connectivity index (χ3n) is 3.54. The molecular formula is C13H21N5O. The highest BCUT2D eigenvalue weighted by Gasteiger charge is 2.21. The Labute approximate surface area is 113 Å². The summed E-state index contributed by atoms with van der Waals surface area (Å²) in [5, 5.41) is 2.97. The first-order valence-electron chi connectivity index (χ1n) is 6.66. The van der Waals surface area contributed by atoms with Crippen molar-refractivity contribution in [2.45, 2.75) is 13.3 Å². The molecule has 1 amide bonds. The topological polar surface area (TPSA) is 83.3 Å². The largest absolute Gasteiger partial charge is 0.352 e. The van der Waals surface area contributed by atoms with Gasteiger partial charge in [-0.15, -0.1) is 0 Å². The van der Waals surface area contributed by atoms with Crippen LogP contribution < -0.4 is 16.6 Å². The fraction of sp³-hybridized carbons (Fsp3) is 0.538. The number of anilines is 1. The van der Waals surface area contributed by atoms with Crippen LogP contribution in [0.1, 0.15) is 23.7 Å². The second-order valence-electron chi connectivity index (χ2n) is 4.83. The Hall–Kier alpha value is -1.66. The van der Waals surface area contributed by atoms with Gasteiger partial charge in [0.15, 0.2) is 0 Å². The Morgan fingerprint density at radius 1 is 1.58 bits per heavy atom. The minimum absolute atomic E-state index is 0.0778. The van der Waals surface area contributed by atoms with E-state index in [1.54, 1.807) is 12.1 Å². The molecule has 1 aliphatic heterocycles. The monoisotopic (exact) mass is 263 g/mol. The highest BCUT2D eigenvalue weighted by Crippen LogP contribution is 2.14. The number of nitrogen functional groups attached to an aromatic ring is 1. The van der Waals surface area contributed by atoms with Crippen LogP contribution in [0.3, 0.4) is 0 Å². The van der Waals surface area contributed by atoms with Crippen molar-refractivity contribution in [3.8, 4) is 0 Å². The summed E-state index contributed by atoms with van der Waals surface area (Å²) in [4.78, 5) is 18.4. The van der Waals surface area contributed by atoms with Crippen molar-refractivity contribution < 1.29 is 4.79 Å². The van der Waals surface area contributed by atoms with Gasteiger partial charge < -0.3 is 15.6 Å². The Bertz CT molecular complexity index is 420. The Kier molecular flexibility index (Phi) is 4.70. The number of rotatable bonds is 5. The number of hydrogen-bond acceptors (Lipinski definition) is 5. The Morgan fingerprint density at radius 3 is 3.00 bits per heavy atom. The van der Waals surface area contributed by atoms with Gasteiger partial charge in [0, 0.05) is 19.3 Å². The lowest BCUT2D eigenvalue weighted by atomic mass is 10.1. The Balaban J connectivity index is 1.80. The average molecular weight is 263 g/mol. The van der Waals surface area contributed by atoms with Gasteiger partial charge in [-0.1, -0.05) is 6.92 Å². The second-order valence-corrected chi connectivity index (χ2v) is 4.83. The summed E-state index contributed by atoms with van der Waals surface area (Å²) in [6.07, 6.45) is 2.68. The SMILES string of the molecule is CCN1CCC(CNC(=O)c2ccc(NN)nc2)C1. The number of hydrazine groups is 1. The zero-order valence-corrected chi connectivity index (χ0v) is 11.2. The standard InChI is InChI=1S/C13H21N5O/c1-2-18-6-5-10(9-18)7-16-13(19)11-3-4-12(17-14)15-8-11/h3-4,8,10H,2,5-7,9,14H2,1H3,(H,15,17)(H,16,19). The summed E-state index contributed by atoms with van der Waals surface area (Å²) in [5.74, 6) is 6.25. The highest BCUT2D eigenvalue weighted by atomic mass is 16.1. The van der Waals surface area contributed by atoms with E-state index in [1.807, 2.05) is 0 Å². The molecule has 0 bridgehead atoms. The van der Waals surface area contributed by atoms with E-state index in [0.717, 1.165) is 32.6 Å². The van der Waals surface area contributed by atoms with Gasteiger partial charge in [-0.25, -0.2) is 10.8 Å². The van der Waals surface area contributed by atoms with Gasteiger partial charge in [0.05, 0.1) is 5.56 Å². The molecule has 6 heteroatoms. The maximum Gasteiger partial charge on any atom is 0.252 e. The molecule has 0 aliphatic carbocycles. The summed E-state index contributed by atoms with van der Waals surface area (Å²) in [6.45, 7) is 6.19. The molecule has 19 heavy (non-hydrogen) atoms. The molecule has 0 spiro atoms. The van der Waals surface area contributed by atoms with Crippen LogP contribution in [0, 0.1) is 5.92 Å². The molecular weight excluding hydrogens is 242 g/mol. The number of pyridine rings is 1. The highest BCUT2D eigenvalue weighted by molar-refractivity contribution is 5.94. The predicted octanol–water partition coefficient (Wildman–Crippen LogP) is 0.439. The summed E-state index contributed by atoms with van der Waals surface area (Å²) < 4.78 is 0. The van der Waals surface area contributed by atoms with E-state index < -0.39 is 0 Å². The quantitative estimate of drug-likeness (QED) is 0.530. The molecule has 0 aromatic carbocycles. The van der Waals surface area contributed by atoms with Crippen LogP contribution >= 0.6 is 0 Å². The number of carbonyl (C=O) groups excluding carboxylic acids is 1. The van der Waals surface area contributed by atoms with E-state index in [2.05, 4.69) is 27.6 Å². The van der Waals surface area contributed by atoms with Crippen molar-refractivity contribution in [3.05, 3.63) is 23.9 Å². The van der Waals surface area contributed by atoms with Crippen LogP contribution in [-0.2, 0) is 0 Å². The lowest BCUT2D eigenvalue weighted by molar-refractivity contribution is 0.0947. The van der Waals surface area contributed by atoms with Gasteiger partial charge in [0.1, 0.15) is 5.82 Å². The number of nitrogens with two attached hydrogens (primary N) is 1. The minimum atomic E-state index is -0.0778. The van der Waals surface area contributed by atoms with E-state index in [0.29, 0.717) is 17.3 Å². The average Bonchev–Trinajstić information content (AvgIpc) is 2.93. The first-order chi connectivity index (χ1) is 9.22. The van der Waals surface area contributed by atoms with Gasteiger partial charge >= 0.3 is 0 Å². The van der Waals surface area contributed by atoms with E-state index in [-0.39, 0.29) is 5.91 Å². The number of nitrogens with zero attached hydrogens (tertiary/aromatic N) is 2. The molecule has 1 fully saturated rings. The first-order valence-corrected chi connectivity index (χ1v) is 6.66. The normalized spacial score (nSPS) is 19.4. The molecule has 1 aromatic rings.